The standard InChI is InChI=1S/C21H25BrF2O6/c1-9-5-11(12-6-14(23)16(22)15(24)7-12)3-4-13(9)18(27)20(29)21(30)19(28)17(26)10(2)8-25/h3-7,10,17-21,25-30H,8H2,1-2H3/t10?,17?,18-,19?,20?,21?/m1/s1. The molecule has 30 heavy (non-hydrogen) atoms. The third kappa shape index (κ3) is 5.23. The Hall–Kier alpha value is -1.46. The second kappa shape index (κ2) is 10.2. The van der Waals surface area contributed by atoms with Crippen LogP contribution in [0.2, 0.25) is 0 Å². The molecule has 2 aromatic rings. The Bertz CT molecular complexity index is 858. The van der Waals surface area contributed by atoms with Crippen LogP contribution in [0.3, 0.4) is 0 Å². The second-order valence-corrected chi connectivity index (χ2v) is 8.19. The van der Waals surface area contributed by atoms with E-state index in [0.717, 1.165) is 12.1 Å². The highest BCUT2D eigenvalue weighted by atomic mass is 79.9. The Morgan fingerprint density at radius 1 is 0.833 bits per heavy atom. The fraction of sp³-hybridized carbons (Fsp3) is 0.429. The van der Waals surface area contributed by atoms with E-state index < -0.39 is 54.7 Å². The molecule has 0 fully saturated rings. The van der Waals surface area contributed by atoms with Crippen molar-refractivity contribution in [3.8, 4) is 11.1 Å². The smallest absolute Gasteiger partial charge is 0.140 e. The van der Waals surface area contributed by atoms with Gasteiger partial charge in [0, 0.05) is 12.5 Å². The van der Waals surface area contributed by atoms with Crippen molar-refractivity contribution in [3.63, 3.8) is 0 Å². The molecule has 0 saturated carbocycles. The molecule has 6 N–H and O–H groups in total. The quantitative estimate of drug-likeness (QED) is 0.314. The summed E-state index contributed by atoms with van der Waals surface area (Å²) in [6.45, 7) is 2.60. The summed E-state index contributed by atoms with van der Waals surface area (Å²) in [6, 6.07) is 6.78. The molecule has 0 bridgehead atoms. The lowest BCUT2D eigenvalue weighted by Crippen LogP contribution is -2.49. The van der Waals surface area contributed by atoms with Gasteiger partial charge >= 0.3 is 0 Å². The van der Waals surface area contributed by atoms with E-state index in [2.05, 4.69) is 15.9 Å². The topological polar surface area (TPSA) is 121 Å². The average molecular weight is 491 g/mol. The van der Waals surface area contributed by atoms with Gasteiger partial charge in [-0.3, -0.25) is 0 Å². The number of aliphatic hydroxyl groups excluding tert-OH is 6. The number of rotatable bonds is 8. The van der Waals surface area contributed by atoms with E-state index >= 15 is 0 Å². The minimum atomic E-state index is -1.89. The van der Waals surface area contributed by atoms with Gasteiger partial charge in [-0.25, -0.2) is 8.78 Å². The van der Waals surface area contributed by atoms with E-state index in [0.29, 0.717) is 11.1 Å². The summed E-state index contributed by atoms with van der Waals surface area (Å²) in [5, 5.41) is 59.9. The van der Waals surface area contributed by atoms with Crippen molar-refractivity contribution >= 4 is 15.9 Å². The Kier molecular flexibility index (Phi) is 8.46. The van der Waals surface area contributed by atoms with E-state index in [1.54, 1.807) is 13.0 Å². The maximum atomic E-state index is 13.8. The molecule has 0 aliphatic heterocycles. The lowest BCUT2D eigenvalue weighted by atomic mass is 9.89. The van der Waals surface area contributed by atoms with Crippen molar-refractivity contribution in [3.05, 3.63) is 57.6 Å². The molecular weight excluding hydrogens is 466 g/mol. The zero-order valence-electron chi connectivity index (χ0n) is 16.4. The van der Waals surface area contributed by atoms with E-state index in [1.807, 2.05) is 0 Å². The first-order valence-electron chi connectivity index (χ1n) is 9.26. The molecular formula is C21H25BrF2O6. The van der Waals surface area contributed by atoms with Crippen LogP contribution in [-0.4, -0.2) is 61.7 Å². The first-order chi connectivity index (χ1) is 14.0. The third-order valence-electron chi connectivity index (χ3n) is 5.15. The molecule has 0 amide bonds. The zero-order valence-corrected chi connectivity index (χ0v) is 18.0. The summed E-state index contributed by atoms with van der Waals surface area (Å²) < 4.78 is 27.3. The predicted molar refractivity (Wildman–Crippen MR) is 109 cm³/mol. The molecule has 166 valence electrons. The van der Waals surface area contributed by atoms with Gasteiger partial charge in [-0.1, -0.05) is 25.1 Å². The van der Waals surface area contributed by atoms with E-state index in [1.165, 1.54) is 19.1 Å². The molecule has 5 unspecified atom stereocenters. The fourth-order valence-electron chi connectivity index (χ4n) is 3.13. The fourth-order valence-corrected chi connectivity index (χ4v) is 3.36. The summed E-state index contributed by atoms with van der Waals surface area (Å²) in [6.07, 6.45) is -8.66. The normalized spacial score (nSPS) is 17.8. The number of aliphatic hydroxyl groups is 6. The molecule has 0 aliphatic carbocycles. The van der Waals surface area contributed by atoms with Crippen molar-refractivity contribution in [2.75, 3.05) is 6.61 Å². The molecule has 0 aromatic heterocycles. The van der Waals surface area contributed by atoms with Gasteiger partial charge in [0.05, 0.1) is 10.6 Å². The number of hydrogen-bond acceptors (Lipinski definition) is 6. The van der Waals surface area contributed by atoms with Crippen molar-refractivity contribution in [1.82, 2.24) is 0 Å². The van der Waals surface area contributed by atoms with Crippen LogP contribution in [0.15, 0.2) is 34.8 Å². The number of hydrogen-bond donors (Lipinski definition) is 6. The van der Waals surface area contributed by atoms with Gasteiger partial charge < -0.3 is 30.6 Å². The number of aryl methyl sites for hydroxylation is 1. The molecule has 6 atom stereocenters. The molecule has 0 saturated heterocycles. The molecule has 0 aliphatic rings. The van der Waals surface area contributed by atoms with Crippen LogP contribution < -0.4 is 0 Å². The van der Waals surface area contributed by atoms with Crippen LogP contribution >= 0.6 is 15.9 Å². The van der Waals surface area contributed by atoms with Crippen LogP contribution in [0.4, 0.5) is 8.78 Å². The lowest BCUT2D eigenvalue weighted by Gasteiger charge is -2.31. The highest BCUT2D eigenvalue weighted by Crippen LogP contribution is 2.31. The first kappa shape index (κ1) is 24.8. The molecule has 0 heterocycles. The van der Waals surface area contributed by atoms with Crippen LogP contribution in [0.1, 0.15) is 24.2 Å². The van der Waals surface area contributed by atoms with E-state index in [-0.39, 0.29) is 15.6 Å². The third-order valence-corrected chi connectivity index (χ3v) is 5.91. The SMILES string of the molecule is Cc1cc(-c2cc(F)c(Br)c(F)c2)ccc1[C@@H](O)C(O)C(O)C(O)C(O)C(C)CO. The van der Waals surface area contributed by atoms with Crippen molar-refractivity contribution in [2.24, 2.45) is 5.92 Å². The monoisotopic (exact) mass is 490 g/mol. The van der Waals surface area contributed by atoms with E-state index in [4.69, 9.17) is 5.11 Å². The van der Waals surface area contributed by atoms with Gasteiger partial charge in [0.15, 0.2) is 0 Å². The van der Waals surface area contributed by atoms with Crippen LogP contribution in [0, 0.1) is 24.5 Å². The molecule has 2 aromatic carbocycles. The highest BCUT2D eigenvalue weighted by molar-refractivity contribution is 9.10. The summed E-state index contributed by atoms with van der Waals surface area (Å²) in [5.74, 6) is -2.29. The molecule has 0 spiro atoms. The Labute approximate surface area is 181 Å². The minimum Gasteiger partial charge on any atom is -0.396 e. The van der Waals surface area contributed by atoms with Gasteiger partial charge in [-0.15, -0.1) is 0 Å². The van der Waals surface area contributed by atoms with Crippen molar-refractivity contribution < 1.29 is 39.4 Å². The van der Waals surface area contributed by atoms with Gasteiger partial charge in [-0.05, 0) is 57.2 Å². The zero-order chi connectivity index (χ0) is 22.7. The maximum Gasteiger partial charge on any atom is 0.140 e. The maximum absolute atomic E-state index is 13.8. The molecule has 9 heteroatoms. The second-order valence-electron chi connectivity index (χ2n) is 7.39. The summed E-state index contributed by atoms with van der Waals surface area (Å²) in [4.78, 5) is 0. The van der Waals surface area contributed by atoms with Crippen LogP contribution in [-0.2, 0) is 0 Å². The van der Waals surface area contributed by atoms with E-state index in [9.17, 15) is 34.3 Å². The largest absolute Gasteiger partial charge is 0.396 e. The van der Waals surface area contributed by atoms with Crippen LogP contribution in [0.5, 0.6) is 0 Å². The Morgan fingerprint density at radius 3 is 1.87 bits per heavy atom. The van der Waals surface area contributed by atoms with Gasteiger partial charge in [-0.2, -0.15) is 0 Å². The highest BCUT2D eigenvalue weighted by Gasteiger charge is 2.37. The minimum absolute atomic E-state index is 0.222. The molecule has 2 rings (SSSR count). The average Bonchev–Trinajstić information content (AvgIpc) is 2.73. The number of halogens is 3. The Morgan fingerprint density at radius 2 is 1.37 bits per heavy atom. The van der Waals surface area contributed by atoms with Crippen molar-refractivity contribution in [2.45, 2.75) is 44.4 Å². The summed E-state index contributed by atoms with van der Waals surface area (Å²) in [5.41, 5.74) is 1.43. The van der Waals surface area contributed by atoms with Gasteiger partial charge in [0.2, 0.25) is 0 Å². The lowest BCUT2D eigenvalue weighted by molar-refractivity contribution is -0.145. The van der Waals surface area contributed by atoms with Crippen LogP contribution in [0.25, 0.3) is 11.1 Å². The predicted octanol–water partition coefficient (Wildman–Crippen LogP) is 1.81. The number of benzene rings is 2. The van der Waals surface area contributed by atoms with Crippen molar-refractivity contribution in [1.29, 1.82) is 0 Å². The van der Waals surface area contributed by atoms with Gasteiger partial charge in [0.1, 0.15) is 36.1 Å². The molecule has 0 radical (unpaired) electrons. The summed E-state index contributed by atoms with van der Waals surface area (Å²) in [7, 11) is 0. The molecule has 6 nitrogen and oxygen atoms in total. The Balaban J connectivity index is 2.25. The van der Waals surface area contributed by atoms with Gasteiger partial charge in [0.25, 0.3) is 0 Å². The first-order valence-corrected chi connectivity index (χ1v) is 10.1. The summed E-state index contributed by atoms with van der Waals surface area (Å²) >= 11 is 2.81.